The molecule has 4 heteroatoms. The van der Waals surface area contributed by atoms with Crippen LogP contribution in [0.2, 0.25) is 0 Å². The molecule has 3 rings (SSSR count). The summed E-state index contributed by atoms with van der Waals surface area (Å²) >= 11 is 0. The third-order valence-corrected chi connectivity index (χ3v) is 3.02. The smallest absolute Gasteiger partial charge is 0.151 e. The van der Waals surface area contributed by atoms with Gasteiger partial charge >= 0.3 is 0 Å². The molecule has 0 saturated heterocycles. The molecule has 0 unspecified atom stereocenters. The minimum atomic E-state index is 0.447. The van der Waals surface area contributed by atoms with Crippen LogP contribution >= 0.6 is 0 Å². The van der Waals surface area contributed by atoms with Crippen LogP contribution < -0.4 is 9.57 Å². The highest BCUT2D eigenvalue weighted by Gasteiger charge is 1.98. The lowest BCUT2D eigenvalue weighted by atomic mass is 10.1. The number of aromatic nitrogens is 2. The van der Waals surface area contributed by atoms with E-state index in [1.165, 1.54) is 16.0 Å². The standard InChI is InChI=1S/C17H16N2O2/c1-2-5-15(6-3-1)16-7-9-17(10-8-16)20-13-14-21-19-12-4-11-18-19/h1-12H,13-14H2. The second kappa shape index (κ2) is 6.61. The lowest BCUT2D eigenvalue weighted by molar-refractivity contribution is 0.0596. The Bertz CT molecular complexity index is 649. The lowest BCUT2D eigenvalue weighted by Crippen LogP contribution is -2.18. The quantitative estimate of drug-likeness (QED) is 0.651. The predicted molar refractivity (Wildman–Crippen MR) is 81.0 cm³/mol. The van der Waals surface area contributed by atoms with Crippen molar-refractivity contribution in [1.82, 2.24) is 9.94 Å². The summed E-state index contributed by atoms with van der Waals surface area (Å²) in [5, 5.41) is 3.94. The van der Waals surface area contributed by atoms with Crippen LogP contribution in [0.15, 0.2) is 73.1 Å². The summed E-state index contributed by atoms with van der Waals surface area (Å²) in [5.74, 6) is 0.832. The van der Waals surface area contributed by atoms with Gasteiger partial charge in [0.2, 0.25) is 0 Å². The van der Waals surface area contributed by atoms with E-state index in [4.69, 9.17) is 9.57 Å². The van der Waals surface area contributed by atoms with Gasteiger partial charge in [-0.1, -0.05) is 42.5 Å². The Hall–Kier alpha value is -2.75. The van der Waals surface area contributed by atoms with E-state index < -0.39 is 0 Å². The van der Waals surface area contributed by atoms with E-state index in [9.17, 15) is 0 Å². The first-order chi connectivity index (χ1) is 10.4. The van der Waals surface area contributed by atoms with Crippen molar-refractivity contribution in [2.75, 3.05) is 13.2 Å². The third kappa shape index (κ3) is 3.63. The van der Waals surface area contributed by atoms with E-state index in [0.717, 1.165) is 5.75 Å². The summed E-state index contributed by atoms with van der Waals surface area (Å²) in [7, 11) is 0. The fourth-order valence-electron chi connectivity index (χ4n) is 2.00. The van der Waals surface area contributed by atoms with Gasteiger partial charge in [0.15, 0.2) is 6.61 Å². The molecular formula is C17H16N2O2. The van der Waals surface area contributed by atoms with Gasteiger partial charge in [-0.15, -0.1) is 9.94 Å². The molecule has 3 aromatic rings. The number of benzene rings is 2. The Balaban J connectivity index is 1.50. The fourth-order valence-corrected chi connectivity index (χ4v) is 2.00. The molecule has 4 nitrogen and oxygen atoms in total. The fraction of sp³-hybridized carbons (Fsp3) is 0.118. The van der Waals surface area contributed by atoms with Crippen molar-refractivity contribution in [1.29, 1.82) is 0 Å². The molecule has 0 N–H and O–H groups in total. The SMILES string of the molecule is c1ccc(-c2ccc(OCCOn3cccn3)cc2)cc1. The van der Waals surface area contributed by atoms with Gasteiger partial charge in [0.25, 0.3) is 0 Å². The minimum absolute atomic E-state index is 0.447. The number of hydrogen-bond acceptors (Lipinski definition) is 3. The van der Waals surface area contributed by atoms with Gasteiger partial charge in [0.1, 0.15) is 12.4 Å². The van der Waals surface area contributed by atoms with E-state index in [-0.39, 0.29) is 0 Å². The number of nitrogens with zero attached hydrogens (tertiary/aromatic N) is 2. The first-order valence-corrected chi connectivity index (χ1v) is 6.83. The molecule has 1 aromatic heterocycles. The highest BCUT2D eigenvalue weighted by Crippen LogP contribution is 2.21. The van der Waals surface area contributed by atoms with E-state index in [0.29, 0.717) is 13.2 Å². The molecule has 0 atom stereocenters. The first-order valence-electron chi connectivity index (χ1n) is 6.83. The Morgan fingerprint density at radius 1 is 0.810 bits per heavy atom. The number of hydrogen-bond donors (Lipinski definition) is 0. The maximum Gasteiger partial charge on any atom is 0.151 e. The first kappa shape index (κ1) is 13.2. The topological polar surface area (TPSA) is 36.3 Å². The van der Waals surface area contributed by atoms with Crippen LogP contribution in [0.1, 0.15) is 0 Å². The van der Waals surface area contributed by atoms with Crippen LogP contribution in [-0.2, 0) is 0 Å². The Morgan fingerprint density at radius 3 is 2.29 bits per heavy atom. The molecule has 0 spiro atoms. The van der Waals surface area contributed by atoms with Gasteiger partial charge in [-0.25, -0.2) is 0 Å². The van der Waals surface area contributed by atoms with Gasteiger partial charge in [-0.05, 0) is 29.3 Å². The zero-order valence-electron chi connectivity index (χ0n) is 11.6. The molecule has 0 saturated carbocycles. The molecule has 0 aliphatic carbocycles. The monoisotopic (exact) mass is 280 g/mol. The van der Waals surface area contributed by atoms with Crippen molar-refractivity contribution in [3.8, 4) is 16.9 Å². The average molecular weight is 280 g/mol. The molecule has 0 radical (unpaired) electrons. The van der Waals surface area contributed by atoms with Crippen LogP contribution in [0.3, 0.4) is 0 Å². The van der Waals surface area contributed by atoms with Crippen LogP contribution in [0.25, 0.3) is 11.1 Å². The van der Waals surface area contributed by atoms with Crippen molar-refractivity contribution in [2.45, 2.75) is 0 Å². The highest BCUT2D eigenvalue weighted by molar-refractivity contribution is 5.63. The van der Waals surface area contributed by atoms with Gasteiger partial charge in [-0.3, -0.25) is 0 Å². The summed E-state index contributed by atoms with van der Waals surface area (Å²) in [6, 6.07) is 20.1. The van der Waals surface area contributed by atoms with Crippen molar-refractivity contribution in [2.24, 2.45) is 0 Å². The van der Waals surface area contributed by atoms with Crippen molar-refractivity contribution in [3.05, 3.63) is 73.1 Å². The Labute approximate surface area is 123 Å². The molecule has 2 aromatic carbocycles. The van der Waals surface area contributed by atoms with Gasteiger partial charge in [0, 0.05) is 0 Å². The maximum absolute atomic E-state index is 5.63. The van der Waals surface area contributed by atoms with Crippen molar-refractivity contribution in [3.63, 3.8) is 0 Å². The maximum atomic E-state index is 5.63. The van der Waals surface area contributed by atoms with Crippen LogP contribution in [0, 0.1) is 0 Å². The molecule has 1 heterocycles. The number of rotatable bonds is 6. The van der Waals surface area contributed by atoms with E-state index >= 15 is 0 Å². The summed E-state index contributed by atoms with van der Waals surface area (Å²) in [6.45, 7) is 0.923. The van der Waals surface area contributed by atoms with E-state index in [2.05, 4.69) is 29.4 Å². The predicted octanol–water partition coefficient (Wildman–Crippen LogP) is 3.06. The van der Waals surface area contributed by atoms with Crippen LogP contribution in [0.4, 0.5) is 0 Å². The normalized spacial score (nSPS) is 10.3. The minimum Gasteiger partial charge on any atom is -0.490 e. The lowest BCUT2D eigenvalue weighted by Gasteiger charge is -2.08. The summed E-state index contributed by atoms with van der Waals surface area (Å²) < 4.78 is 5.63. The Morgan fingerprint density at radius 2 is 1.57 bits per heavy atom. The molecule has 21 heavy (non-hydrogen) atoms. The van der Waals surface area contributed by atoms with E-state index in [1.807, 2.05) is 36.4 Å². The van der Waals surface area contributed by atoms with Crippen molar-refractivity contribution >= 4 is 0 Å². The van der Waals surface area contributed by atoms with Crippen LogP contribution in [-0.4, -0.2) is 23.2 Å². The number of ether oxygens (including phenoxy) is 1. The molecule has 0 bridgehead atoms. The molecule has 106 valence electrons. The second-order valence-electron chi connectivity index (χ2n) is 4.48. The third-order valence-electron chi connectivity index (χ3n) is 3.02. The summed E-state index contributed by atoms with van der Waals surface area (Å²) in [6.07, 6.45) is 3.41. The Kier molecular flexibility index (Phi) is 4.17. The van der Waals surface area contributed by atoms with E-state index in [1.54, 1.807) is 12.4 Å². The zero-order chi connectivity index (χ0) is 14.3. The summed E-state index contributed by atoms with van der Waals surface area (Å²) in [5.41, 5.74) is 2.38. The van der Waals surface area contributed by atoms with Crippen molar-refractivity contribution < 1.29 is 9.57 Å². The van der Waals surface area contributed by atoms with Gasteiger partial charge in [-0.2, -0.15) is 0 Å². The molecule has 0 amide bonds. The second-order valence-corrected chi connectivity index (χ2v) is 4.48. The van der Waals surface area contributed by atoms with Crippen LogP contribution in [0.5, 0.6) is 5.75 Å². The zero-order valence-corrected chi connectivity index (χ0v) is 11.6. The summed E-state index contributed by atoms with van der Waals surface area (Å²) in [4.78, 5) is 6.76. The van der Waals surface area contributed by atoms with Gasteiger partial charge in [0.05, 0.1) is 12.4 Å². The highest BCUT2D eigenvalue weighted by atomic mass is 16.7. The molecular weight excluding hydrogens is 264 g/mol. The largest absolute Gasteiger partial charge is 0.490 e. The molecule has 0 aliphatic rings. The van der Waals surface area contributed by atoms with Gasteiger partial charge < -0.3 is 9.57 Å². The average Bonchev–Trinajstić information content (AvgIpc) is 3.06. The molecule has 0 fully saturated rings. The molecule has 0 aliphatic heterocycles.